The Morgan fingerprint density at radius 2 is 1.79 bits per heavy atom. The van der Waals surface area contributed by atoms with Gasteiger partial charge in [0.1, 0.15) is 11.6 Å². The van der Waals surface area contributed by atoms with Gasteiger partial charge in [-0.25, -0.2) is 4.39 Å². The monoisotopic (exact) mass is 400 g/mol. The summed E-state index contributed by atoms with van der Waals surface area (Å²) in [6.07, 6.45) is 0. The molecule has 0 aliphatic carbocycles. The number of thioether (sulfide) groups is 1. The molecule has 3 aromatic rings. The minimum absolute atomic E-state index is 0.164. The molecule has 0 aliphatic rings. The summed E-state index contributed by atoms with van der Waals surface area (Å²) in [5, 5.41) is 11.8. The van der Waals surface area contributed by atoms with Gasteiger partial charge in [-0.15, -0.1) is 10.2 Å². The van der Waals surface area contributed by atoms with Crippen LogP contribution in [0.2, 0.25) is 0 Å². The molecule has 0 saturated carbocycles. The molecular weight excluding hydrogens is 379 g/mol. The molecule has 0 fully saturated rings. The Balaban J connectivity index is 1.75. The van der Waals surface area contributed by atoms with Crippen molar-refractivity contribution in [2.75, 3.05) is 11.9 Å². The van der Waals surface area contributed by atoms with Gasteiger partial charge in [0, 0.05) is 18.0 Å². The maximum atomic E-state index is 13.0. The van der Waals surface area contributed by atoms with Crippen molar-refractivity contribution in [3.8, 4) is 5.75 Å². The van der Waals surface area contributed by atoms with Gasteiger partial charge in [-0.1, -0.05) is 23.9 Å². The number of hydrogen-bond acceptors (Lipinski definition) is 6. The number of anilines is 2. The maximum absolute atomic E-state index is 13.0. The molecule has 28 heavy (non-hydrogen) atoms. The van der Waals surface area contributed by atoms with E-state index in [4.69, 9.17) is 4.74 Å². The first-order chi connectivity index (χ1) is 13.6. The van der Waals surface area contributed by atoms with Crippen LogP contribution in [-0.2, 0) is 12.3 Å². The summed E-state index contributed by atoms with van der Waals surface area (Å²) < 4.78 is 20.0. The number of benzene rings is 2. The molecule has 0 radical (unpaired) electrons. The van der Waals surface area contributed by atoms with Crippen LogP contribution in [0, 0.1) is 5.82 Å². The highest BCUT2D eigenvalue weighted by molar-refractivity contribution is 7.98. The van der Waals surface area contributed by atoms with Crippen LogP contribution in [0.4, 0.5) is 15.9 Å². The Morgan fingerprint density at radius 1 is 1.07 bits per heavy atom. The fourth-order valence-electron chi connectivity index (χ4n) is 2.53. The zero-order chi connectivity index (χ0) is 19.9. The Morgan fingerprint density at radius 3 is 2.43 bits per heavy atom. The van der Waals surface area contributed by atoms with E-state index in [1.165, 1.54) is 23.9 Å². The van der Waals surface area contributed by atoms with E-state index in [2.05, 4.69) is 15.5 Å². The molecule has 0 bridgehead atoms. The van der Waals surface area contributed by atoms with E-state index in [9.17, 15) is 9.18 Å². The SMILES string of the molecule is CCOc1ccc(Nc2nnc(SCc3ccc(F)cc3)n(CC)c2=O)cc1. The summed E-state index contributed by atoms with van der Waals surface area (Å²) in [5.74, 6) is 1.22. The number of halogens is 1. The number of aromatic nitrogens is 3. The largest absolute Gasteiger partial charge is 0.494 e. The molecule has 1 heterocycles. The highest BCUT2D eigenvalue weighted by atomic mass is 32.2. The summed E-state index contributed by atoms with van der Waals surface area (Å²) >= 11 is 1.39. The molecule has 0 unspecified atom stereocenters. The lowest BCUT2D eigenvalue weighted by Crippen LogP contribution is -2.26. The standard InChI is InChI=1S/C20H21FN4O2S/c1-3-25-19(26)18(22-16-9-11-17(12-10-16)27-4-2)23-24-20(25)28-13-14-5-7-15(21)8-6-14/h5-12H,3-4,13H2,1-2H3,(H,22,23). The Hall–Kier alpha value is -2.87. The molecule has 8 heteroatoms. The minimum Gasteiger partial charge on any atom is -0.494 e. The molecule has 0 amide bonds. The van der Waals surface area contributed by atoms with E-state index in [1.807, 2.05) is 38.1 Å². The molecule has 0 atom stereocenters. The van der Waals surface area contributed by atoms with Crippen LogP contribution < -0.4 is 15.6 Å². The highest BCUT2D eigenvalue weighted by Crippen LogP contribution is 2.21. The molecule has 0 aliphatic heterocycles. The fourth-order valence-corrected chi connectivity index (χ4v) is 3.49. The van der Waals surface area contributed by atoms with Crippen LogP contribution in [0.25, 0.3) is 0 Å². The van der Waals surface area contributed by atoms with Gasteiger partial charge in [-0.2, -0.15) is 0 Å². The average molecular weight is 400 g/mol. The van der Waals surface area contributed by atoms with Crippen LogP contribution in [0.3, 0.4) is 0 Å². The van der Waals surface area contributed by atoms with Crippen LogP contribution >= 0.6 is 11.8 Å². The summed E-state index contributed by atoms with van der Waals surface area (Å²) in [6.45, 7) is 4.87. The second kappa shape index (κ2) is 9.36. The van der Waals surface area contributed by atoms with Crippen molar-refractivity contribution >= 4 is 23.3 Å². The van der Waals surface area contributed by atoms with E-state index in [0.29, 0.717) is 24.1 Å². The van der Waals surface area contributed by atoms with E-state index >= 15 is 0 Å². The van der Waals surface area contributed by atoms with Crippen molar-refractivity contribution in [2.24, 2.45) is 0 Å². The van der Waals surface area contributed by atoms with Gasteiger partial charge in [0.15, 0.2) is 5.16 Å². The third kappa shape index (κ3) is 4.89. The third-order valence-corrected chi connectivity index (χ3v) is 4.98. The normalized spacial score (nSPS) is 10.7. The van der Waals surface area contributed by atoms with Crippen molar-refractivity contribution in [1.82, 2.24) is 14.8 Å². The molecular formula is C20H21FN4O2S. The molecule has 146 valence electrons. The van der Waals surface area contributed by atoms with Crippen LogP contribution in [0.1, 0.15) is 19.4 Å². The average Bonchev–Trinajstić information content (AvgIpc) is 2.71. The van der Waals surface area contributed by atoms with Gasteiger partial charge in [0.25, 0.3) is 5.56 Å². The molecule has 0 saturated heterocycles. The molecule has 1 N–H and O–H groups in total. The van der Waals surface area contributed by atoms with Crippen LogP contribution in [-0.4, -0.2) is 21.4 Å². The third-order valence-electron chi connectivity index (χ3n) is 3.94. The minimum atomic E-state index is -0.274. The number of ether oxygens (including phenoxy) is 1. The van der Waals surface area contributed by atoms with Gasteiger partial charge in [0.2, 0.25) is 5.82 Å². The van der Waals surface area contributed by atoms with Gasteiger partial charge in [-0.3, -0.25) is 9.36 Å². The first-order valence-electron chi connectivity index (χ1n) is 8.95. The van der Waals surface area contributed by atoms with Crippen molar-refractivity contribution in [2.45, 2.75) is 31.3 Å². The first kappa shape index (κ1) is 19.9. The summed E-state index contributed by atoms with van der Waals surface area (Å²) in [4.78, 5) is 12.8. The highest BCUT2D eigenvalue weighted by Gasteiger charge is 2.12. The second-order valence-electron chi connectivity index (χ2n) is 5.88. The van der Waals surface area contributed by atoms with Crippen molar-refractivity contribution in [1.29, 1.82) is 0 Å². The lowest BCUT2D eigenvalue weighted by molar-refractivity contribution is 0.340. The zero-order valence-corrected chi connectivity index (χ0v) is 16.5. The molecule has 6 nitrogen and oxygen atoms in total. The zero-order valence-electron chi connectivity index (χ0n) is 15.7. The number of hydrogen-bond donors (Lipinski definition) is 1. The number of nitrogens with zero attached hydrogens (tertiary/aromatic N) is 3. The molecule has 3 rings (SSSR count). The predicted molar refractivity (Wildman–Crippen MR) is 109 cm³/mol. The molecule has 0 spiro atoms. The Bertz CT molecular complexity index is 975. The lowest BCUT2D eigenvalue weighted by atomic mass is 10.2. The summed E-state index contributed by atoms with van der Waals surface area (Å²) in [5.41, 5.74) is 1.43. The number of rotatable bonds is 8. The maximum Gasteiger partial charge on any atom is 0.297 e. The predicted octanol–water partition coefficient (Wildman–Crippen LogP) is 4.23. The molecule has 1 aromatic heterocycles. The topological polar surface area (TPSA) is 69.0 Å². The van der Waals surface area contributed by atoms with Gasteiger partial charge in [0.05, 0.1) is 6.61 Å². The smallest absolute Gasteiger partial charge is 0.297 e. The second-order valence-corrected chi connectivity index (χ2v) is 6.82. The van der Waals surface area contributed by atoms with E-state index in [-0.39, 0.29) is 17.2 Å². The first-order valence-corrected chi connectivity index (χ1v) is 9.94. The van der Waals surface area contributed by atoms with Crippen molar-refractivity contribution < 1.29 is 9.13 Å². The van der Waals surface area contributed by atoms with Crippen LogP contribution in [0.5, 0.6) is 5.75 Å². The Kier molecular flexibility index (Phi) is 6.65. The van der Waals surface area contributed by atoms with Gasteiger partial charge < -0.3 is 10.1 Å². The van der Waals surface area contributed by atoms with Gasteiger partial charge in [-0.05, 0) is 55.8 Å². The fraction of sp³-hybridized carbons (Fsp3) is 0.250. The van der Waals surface area contributed by atoms with E-state index < -0.39 is 0 Å². The van der Waals surface area contributed by atoms with Gasteiger partial charge >= 0.3 is 0 Å². The van der Waals surface area contributed by atoms with E-state index in [1.54, 1.807) is 16.7 Å². The van der Waals surface area contributed by atoms with Crippen molar-refractivity contribution in [3.63, 3.8) is 0 Å². The summed E-state index contributed by atoms with van der Waals surface area (Å²) in [7, 11) is 0. The lowest BCUT2D eigenvalue weighted by Gasteiger charge is -2.11. The Labute approximate surface area is 166 Å². The summed E-state index contributed by atoms with van der Waals surface area (Å²) in [6, 6.07) is 13.5. The molecule has 2 aromatic carbocycles. The van der Waals surface area contributed by atoms with Crippen molar-refractivity contribution in [3.05, 3.63) is 70.3 Å². The van der Waals surface area contributed by atoms with Crippen LogP contribution in [0.15, 0.2) is 58.5 Å². The van der Waals surface area contributed by atoms with E-state index in [0.717, 1.165) is 17.0 Å². The number of nitrogens with one attached hydrogen (secondary N) is 1. The quantitative estimate of drug-likeness (QED) is 0.571.